The summed E-state index contributed by atoms with van der Waals surface area (Å²) in [5.74, 6) is -1.80. The Morgan fingerprint density at radius 1 is 0.897 bits per heavy atom. The van der Waals surface area contributed by atoms with Gasteiger partial charge in [0.2, 0.25) is 5.91 Å². The summed E-state index contributed by atoms with van der Waals surface area (Å²) >= 11 is 0. The van der Waals surface area contributed by atoms with Crippen LogP contribution in [0.4, 0.5) is 10.5 Å². The highest BCUT2D eigenvalue weighted by atomic mass is 16.5. The molecule has 8 nitrogen and oxygen atoms in total. The quantitative estimate of drug-likeness (QED) is 0.621. The van der Waals surface area contributed by atoms with Crippen LogP contribution in [0.3, 0.4) is 0 Å². The van der Waals surface area contributed by atoms with Crippen LogP contribution in [0.1, 0.15) is 28.8 Å². The number of imide groups is 1. The molecule has 0 aromatic heterocycles. The van der Waals surface area contributed by atoms with E-state index >= 15 is 0 Å². The van der Waals surface area contributed by atoms with Crippen LogP contribution in [-0.4, -0.2) is 36.5 Å². The highest BCUT2D eigenvalue weighted by Crippen LogP contribution is 2.18. The molecule has 1 fully saturated rings. The first-order valence-corrected chi connectivity index (χ1v) is 9.21. The highest BCUT2D eigenvalue weighted by Gasteiger charge is 2.24. The van der Waals surface area contributed by atoms with Crippen LogP contribution in [0.25, 0.3) is 0 Å². The molecule has 150 valence electrons. The van der Waals surface area contributed by atoms with Gasteiger partial charge in [-0.05, 0) is 30.5 Å². The zero-order chi connectivity index (χ0) is 20.6. The van der Waals surface area contributed by atoms with Gasteiger partial charge in [-0.1, -0.05) is 42.5 Å². The number of carbonyl (C=O) groups excluding carboxylic acids is 4. The van der Waals surface area contributed by atoms with Crippen molar-refractivity contribution >= 4 is 29.5 Å². The van der Waals surface area contributed by atoms with Gasteiger partial charge in [0.25, 0.3) is 5.91 Å². The van der Waals surface area contributed by atoms with E-state index in [1.54, 1.807) is 18.2 Å². The lowest BCUT2D eigenvalue weighted by atomic mass is 10.1. The first kappa shape index (κ1) is 20.1. The largest absolute Gasteiger partial charge is 0.452 e. The van der Waals surface area contributed by atoms with Gasteiger partial charge in [0, 0.05) is 6.04 Å². The van der Waals surface area contributed by atoms with Crippen molar-refractivity contribution in [3.05, 3.63) is 65.7 Å². The number of amides is 4. The third-order valence-corrected chi connectivity index (χ3v) is 4.13. The van der Waals surface area contributed by atoms with Gasteiger partial charge < -0.3 is 15.4 Å². The molecule has 1 aliphatic rings. The van der Waals surface area contributed by atoms with Gasteiger partial charge in [-0.15, -0.1) is 0 Å². The number of benzene rings is 2. The molecule has 2 aromatic rings. The summed E-state index contributed by atoms with van der Waals surface area (Å²) in [6, 6.07) is 15.0. The molecule has 1 aliphatic carbocycles. The van der Waals surface area contributed by atoms with Crippen molar-refractivity contribution in [2.45, 2.75) is 25.3 Å². The van der Waals surface area contributed by atoms with Gasteiger partial charge in [-0.2, -0.15) is 0 Å². The Kier molecular flexibility index (Phi) is 6.57. The molecule has 2 aromatic carbocycles. The van der Waals surface area contributed by atoms with E-state index < -0.39 is 24.5 Å². The maximum Gasteiger partial charge on any atom is 0.340 e. The van der Waals surface area contributed by atoms with E-state index in [1.807, 2.05) is 30.3 Å². The van der Waals surface area contributed by atoms with Gasteiger partial charge in [0.15, 0.2) is 6.61 Å². The molecule has 8 heteroatoms. The fraction of sp³-hybridized carbons (Fsp3) is 0.238. The van der Waals surface area contributed by atoms with Gasteiger partial charge in [0.05, 0.1) is 17.7 Å². The number of hydrogen-bond donors (Lipinski definition) is 3. The normalized spacial score (nSPS) is 12.6. The number of rotatable bonds is 7. The summed E-state index contributed by atoms with van der Waals surface area (Å²) in [6.45, 7) is -0.608. The molecule has 0 radical (unpaired) electrons. The summed E-state index contributed by atoms with van der Waals surface area (Å²) in [5, 5.41) is 7.38. The van der Waals surface area contributed by atoms with Gasteiger partial charge in [-0.3, -0.25) is 14.9 Å². The standard InChI is InChI=1S/C21H21N3O5/c25-18(12-14-6-2-1-3-7-14)23-17-9-5-4-8-16(17)20(27)29-13-19(26)24-21(28)22-15-10-11-15/h1-9,15H,10-13H2,(H,23,25)(H2,22,24,26,28). The fourth-order valence-electron chi connectivity index (χ4n) is 2.57. The van der Waals surface area contributed by atoms with E-state index in [-0.39, 0.29) is 29.6 Å². The third kappa shape index (κ3) is 6.46. The monoisotopic (exact) mass is 395 g/mol. The lowest BCUT2D eigenvalue weighted by Gasteiger charge is -2.11. The molecule has 0 saturated heterocycles. The minimum absolute atomic E-state index is 0.108. The summed E-state index contributed by atoms with van der Waals surface area (Å²) in [5.41, 5.74) is 1.24. The second kappa shape index (κ2) is 9.50. The average Bonchev–Trinajstić information content (AvgIpc) is 3.51. The zero-order valence-electron chi connectivity index (χ0n) is 15.6. The van der Waals surface area contributed by atoms with E-state index in [0.717, 1.165) is 18.4 Å². The van der Waals surface area contributed by atoms with Crippen LogP contribution in [0.15, 0.2) is 54.6 Å². The minimum atomic E-state index is -0.779. The predicted molar refractivity (Wildman–Crippen MR) is 105 cm³/mol. The highest BCUT2D eigenvalue weighted by molar-refractivity contribution is 6.02. The Morgan fingerprint density at radius 2 is 1.59 bits per heavy atom. The molecular weight excluding hydrogens is 374 g/mol. The van der Waals surface area contributed by atoms with Gasteiger partial charge in [0.1, 0.15) is 0 Å². The van der Waals surface area contributed by atoms with E-state index in [1.165, 1.54) is 6.07 Å². The molecule has 0 heterocycles. The predicted octanol–water partition coefficient (Wildman–Crippen LogP) is 2.01. The van der Waals surface area contributed by atoms with Crippen LogP contribution in [0.5, 0.6) is 0 Å². The van der Waals surface area contributed by atoms with Gasteiger partial charge >= 0.3 is 12.0 Å². The molecule has 1 saturated carbocycles. The van der Waals surface area contributed by atoms with E-state index in [9.17, 15) is 19.2 Å². The number of esters is 1. The van der Waals surface area contributed by atoms with Crippen molar-refractivity contribution in [3.8, 4) is 0 Å². The number of anilines is 1. The van der Waals surface area contributed by atoms with Crippen molar-refractivity contribution in [2.24, 2.45) is 0 Å². The lowest BCUT2D eigenvalue weighted by molar-refractivity contribution is -0.123. The Balaban J connectivity index is 1.53. The molecule has 4 amide bonds. The fourth-order valence-corrected chi connectivity index (χ4v) is 2.57. The van der Waals surface area contributed by atoms with Crippen molar-refractivity contribution < 1.29 is 23.9 Å². The molecule has 0 atom stereocenters. The van der Waals surface area contributed by atoms with Crippen LogP contribution < -0.4 is 16.0 Å². The molecule has 0 unspecified atom stereocenters. The first-order valence-electron chi connectivity index (χ1n) is 9.21. The Morgan fingerprint density at radius 3 is 2.31 bits per heavy atom. The number of urea groups is 1. The zero-order valence-corrected chi connectivity index (χ0v) is 15.6. The molecular formula is C21H21N3O5. The smallest absolute Gasteiger partial charge is 0.340 e. The summed E-state index contributed by atoms with van der Waals surface area (Å²) in [4.78, 5) is 47.8. The van der Waals surface area contributed by atoms with Crippen LogP contribution in [0.2, 0.25) is 0 Å². The van der Waals surface area contributed by atoms with Crippen molar-refractivity contribution in [3.63, 3.8) is 0 Å². The Hall–Kier alpha value is -3.68. The van der Waals surface area contributed by atoms with Gasteiger partial charge in [-0.25, -0.2) is 9.59 Å². The number of nitrogens with one attached hydrogen (secondary N) is 3. The molecule has 0 spiro atoms. The van der Waals surface area contributed by atoms with Crippen LogP contribution in [-0.2, 0) is 20.7 Å². The summed E-state index contributed by atoms with van der Waals surface area (Å²) in [6.07, 6.45) is 1.94. The first-order chi connectivity index (χ1) is 14.0. The van der Waals surface area contributed by atoms with E-state index in [2.05, 4.69) is 16.0 Å². The summed E-state index contributed by atoms with van der Waals surface area (Å²) in [7, 11) is 0. The van der Waals surface area contributed by atoms with Crippen LogP contribution in [0, 0.1) is 0 Å². The second-order valence-electron chi connectivity index (χ2n) is 6.63. The maximum atomic E-state index is 12.3. The molecule has 3 N–H and O–H groups in total. The number of carbonyl (C=O) groups is 4. The van der Waals surface area contributed by atoms with Crippen molar-refractivity contribution in [1.29, 1.82) is 0 Å². The average molecular weight is 395 g/mol. The number of ether oxygens (including phenoxy) is 1. The van der Waals surface area contributed by atoms with Crippen molar-refractivity contribution in [2.75, 3.05) is 11.9 Å². The van der Waals surface area contributed by atoms with E-state index in [0.29, 0.717) is 0 Å². The minimum Gasteiger partial charge on any atom is -0.452 e. The SMILES string of the molecule is O=C(COC(=O)c1ccccc1NC(=O)Cc1ccccc1)NC(=O)NC1CC1. The second-order valence-corrected chi connectivity index (χ2v) is 6.63. The molecule has 29 heavy (non-hydrogen) atoms. The summed E-state index contributed by atoms with van der Waals surface area (Å²) < 4.78 is 4.97. The lowest BCUT2D eigenvalue weighted by Crippen LogP contribution is -2.42. The third-order valence-electron chi connectivity index (χ3n) is 4.13. The van der Waals surface area contributed by atoms with Crippen molar-refractivity contribution in [1.82, 2.24) is 10.6 Å². The Bertz CT molecular complexity index is 910. The Labute approximate surface area is 167 Å². The molecule has 0 bridgehead atoms. The number of hydrogen-bond acceptors (Lipinski definition) is 5. The van der Waals surface area contributed by atoms with Crippen LogP contribution >= 0.6 is 0 Å². The topological polar surface area (TPSA) is 114 Å². The number of para-hydroxylation sites is 1. The maximum absolute atomic E-state index is 12.3. The molecule has 3 rings (SSSR count). The van der Waals surface area contributed by atoms with E-state index in [4.69, 9.17) is 4.74 Å². The molecule has 0 aliphatic heterocycles.